The summed E-state index contributed by atoms with van der Waals surface area (Å²) in [4.78, 5) is 11.2. The third kappa shape index (κ3) is 2.24. The molecule has 2 aromatic rings. The van der Waals surface area contributed by atoms with Gasteiger partial charge in [0, 0.05) is 18.7 Å². The van der Waals surface area contributed by atoms with E-state index < -0.39 is 0 Å². The molecule has 0 unspecified atom stereocenters. The van der Waals surface area contributed by atoms with Gasteiger partial charge in [0.2, 0.25) is 0 Å². The van der Waals surface area contributed by atoms with Crippen LogP contribution in [-0.4, -0.2) is 50.7 Å². The van der Waals surface area contributed by atoms with Crippen LogP contribution < -0.4 is 4.74 Å². The van der Waals surface area contributed by atoms with Crippen molar-refractivity contribution in [3.8, 4) is 6.01 Å². The average molecular weight is 273 g/mol. The van der Waals surface area contributed by atoms with Gasteiger partial charge in [0.05, 0.1) is 6.20 Å². The first-order valence-electron chi connectivity index (χ1n) is 7.35. The van der Waals surface area contributed by atoms with Crippen molar-refractivity contribution in [2.75, 3.05) is 20.1 Å². The molecule has 0 radical (unpaired) electrons. The highest BCUT2D eigenvalue weighted by Gasteiger charge is 2.28. The topological polar surface area (TPSA) is 55.5 Å². The van der Waals surface area contributed by atoms with Crippen molar-refractivity contribution in [2.45, 2.75) is 37.7 Å². The number of likely N-dealkylation sites (tertiary alicyclic amines) is 1. The number of hydrogen-bond donors (Lipinski definition) is 0. The summed E-state index contributed by atoms with van der Waals surface area (Å²) in [5.41, 5.74) is 2.14. The Morgan fingerprint density at radius 2 is 2.00 bits per heavy atom. The number of fused-ring (bicyclic) bond motifs is 1. The maximum Gasteiger partial charge on any atom is 0.320 e. The summed E-state index contributed by atoms with van der Waals surface area (Å²) < 4.78 is 7.69. The summed E-state index contributed by atoms with van der Waals surface area (Å²) in [6, 6.07) is 0.495. The third-order valence-electron chi connectivity index (χ3n) is 4.23. The van der Waals surface area contributed by atoms with E-state index in [4.69, 9.17) is 4.74 Å². The highest BCUT2D eigenvalue weighted by Crippen LogP contribution is 2.41. The zero-order valence-electron chi connectivity index (χ0n) is 11.7. The van der Waals surface area contributed by atoms with Crippen LogP contribution in [0.5, 0.6) is 6.01 Å². The van der Waals surface area contributed by atoms with Crippen LogP contribution in [0.2, 0.25) is 0 Å². The van der Waals surface area contributed by atoms with Crippen molar-refractivity contribution in [1.29, 1.82) is 0 Å². The summed E-state index contributed by atoms with van der Waals surface area (Å²) in [7, 11) is 2.15. The molecule has 3 heterocycles. The minimum Gasteiger partial charge on any atom is -0.460 e. The molecule has 1 aliphatic carbocycles. The normalized spacial score (nSPS) is 21.4. The van der Waals surface area contributed by atoms with Crippen LogP contribution in [0.15, 0.2) is 12.5 Å². The number of nitrogens with zero attached hydrogens (tertiary/aromatic N) is 5. The van der Waals surface area contributed by atoms with E-state index in [0.29, 0.717) is 11.9 Å². The molecular formula is C14H19N5O. The second-order valence-electron chi connectivity index (χ2n) is 5.90. The Morgan fingerprint density at radius 1 is 1.20 bits per heavy atom. The second kappa shape index (κ2) is 4.70. The fourth-order valence-corrected chi connectivity index (χ4v) is 2.78. The summed E-state index contributed by atoms with van der Waals surface area (Å²) in [5.74, 6) is 0.638. The van der Waals surface area contributed by atoms with Gasteiger partial charge in [0.25, 0.3) is 0 Å². The van der Waals surface area contributed by atoms with Crippen molar-refractivity contribution < 1.29 is 4.74 Å². The van der Waals surface area contributed by atoms with Crippen LogP contribution in [0.25, 0.3) is 5.65 Å². The van der Waals surface area contributed by atoms with Crippen LogP contribution in [0.1, 0.15) is 37.2 Å². The summed E-state index contributed by atoms with van der Waals surface area (Å²) in [6.45, 7) is 2.15. The predicted molar refractivity (Wildman–Crippen MR) is 73.9 cm³/mol. The SMILES string of the molecule is CN1CCC(Oc2ncn3ncc(C4CC4)c3n2)CC1. The number of rotatable bonds is 3. The van der Waals surface area contributed by atoms with Gasteiger partial charge in [-0.05, 0) is 38.6 Å². The minimum atomic E-state index is 0.237. The first kappa shape index (κ1) is 12.1. The maximum atomic E-state index is 5.95. The van der Waals surface area contributed by atoms with Crippen LogP contribution in [0.3, 0.4) is 0 Å². The van der Waals surface area contributed by atoms with E-state index in [-0.39, 0.29) is 6.10 Å². The van der Waals surface area contributed by atoms with E-state index >= 15 is 0 Å². The van der Waals surface area contributed by atoms with Gasteiger partial charge < -0.3 is 9.64 Å². The van der Waals surface area contributed by atoms with Gasteiger partial charge >= 0.3 is 6.01 Å². The molecule has 1 aliphatic heterocycles. The van der Waals surface area contributed by atoms with E-state index in [0.717, 1.165) is 31.6 Å². The van der Waals surface area contributed by atoms with Gasteiger partial charge in [0.1, 0.15) is 12.4 Å². The molecule has 106 valence electrons. The van der Waals surface area contributed by atoms with Gasteiger partial charge in [-0.25, -0.2) is 4.52 Å². The molecule has 1 saturated carbocycles. The Morgan fingerprint density at radius 3 is 2.75 bits per heavy atom. The molecule has 6 nitrogen and oxygen atoms in total. The van der Waals surface area contributed by atoms with E-state index in [1.54, 1.807) is 10.8 Å². The Labute approximate surface area is 117 Å². The molecule has 0 bridgehead atoms. The fraction of sp³-hybridized carbons (Fsp3) is 0.643. The fourth-order valence-electron chi connectivity index (χ4n) is 2.78. The summed E-state index contributed by atoms with van der Waals surface area (Å²) >= 11 is 0. The number of ether oxygens (including phenoxy) is 1. The lowest BCUT2D eigenvalue weighted by Gasteiger charge is -2.28. The number of piperidine rings is 1. The van der Waals surface area contributed by atoms with Crippen molar-refractivity contribution in [3.05, 3.63) is 18.1 Å². The first-order chi connectivity index (χ1) is 9.79. The molecule has 2 aliphatic rings. The van der Waals surface area contributed by atoms with Crippen molar-refractivity contribution in [1.82, 2.24) is 24.5 Å². The van der Waals surface area contributed by atoms with Crippen LogP contribution in [0.4, 0.5) is 0 Å². The molecule has 0 atom stereocenters. The third-order valence-corrected chi connectivity index (χ3v) is 4.23. The Kier molecular flexibility index (Phi) is 2.84. The van der Waals surface area contributed by atoms with Crippen molar-refractivity contribution >= 4 is 5.65 Å². The molecule has 4 rings (SSSR count). The minimum absolute atomic E-state index is 0.237. The first-order valence-corrected chi connectivity index (χ1v) is 7.35. The predicted octanol–water partition coefficient (Wildman–Crippen LogP) is 1.47. The second-order valence-corrected chi connectivity index (χ2v) is 5.90. The summed E-state index contributed by atoms with van der Waals surface area (Å²) in [6.07, 6.45) is 8.44. The van der Waals surface area contributed by atoms with Crippen molar-refractivity contribution in [3.63, 3.8) is 0 Å². The molecule has 0 aromatic carbocycles. The molecule has 1 saturated heterocycles. The molecule has 0 N–H and O–H groups in total. The van der Waals surface area contributed by atoms with E-state index in [9.17, 15) is 0 Å². The van der Waals surface area contributed by atoms with E-state index in [1.807, 2.05) is 6.20 Å². The summed E-state index contributed by atoms with van der Waals surface area (Å²) in [5, 5.41) is 4.31. The monoisotopic (exact) mass is 273 g/mol. The van der Waals surface area contributed by atoms with Crippen LogP contribution in [0, 0.1) is 0 Å². The Balaban J connectivity index is 1.55. The highest BCUT2D eigenvalue weighted by atomic mass is 16.5. The molecule has 2 aromatic heterocycles. The highest BCUT2D eigenvalue weighted by molar-refractivity contribution is 5.50. The Bertz CT molecular complexity index is 613. The molecule has 2 fully saturated rings. The molecule has 20 heavy (non-hydrogen) atoms. The average Bonchev–Trinajstić information content (AvgIpc) is 3.22. The molecule has 6 heteroatoms. The number of hydrogen-bond acceptors (Lipinski definition) is 5. The van der Waals surface area contributed by atoms with Gasteiger partial charge in [-0.1, -0.05) is 0 Å². The number of aromatic nitrogens is 4. The van der Waals surface area contributed by atoms with Gasteiger partial charge in [-0.3, -0.25) is 0 Å². The largest absolute Gasteiger partial charge is 0.460 e. The lowest BCUT2D eigenvalue weighted by atomic mass is 10.1. The zero-order chi connectivity index (χ0) is 13.5. The smallest absolute Gasteiger partial charge is 0.320 e. The lowest BCUT2D eigenvalue weighted by molar-refractivity contribution is 0.105. The van der Waals surface area contributed by atoms with E-state index in [2.05, 4.69) is 27.0 Å². The van der Waals surface area contributed by atoms with Gasteiger partial charge in [0.15, 0.2) is 5.65 Å². The lowest BCUT2D eigenvalue weighted by Crippen LogP contribution is -2.36. The quantitative estimate of drug-likeness (QED) is 0.847. The van der Waals surface area contributed by atoms with E-state index in [1.165, 1.54) is 18.4 Å². The van der Waals surface area contributed by atoms with Gasteiger partial charge in [-0.2, -0.15) is 15.1 Å². The Hall–Kier alpha value is -1.69. The maximum absolute atomic E-state index is 5.95. The molecule has 0 spiro atoms. The standard InChI is InChI=1S/C14H19N5O/c1-18-6-4-11(5-7-18)20-14-15-9-19-13(17-14)12(8-16-19)10-2-3-10/h8-11H,2-7H2,1H3. The van der Waals surface area contributed by atoms with Crippen molar-refractivity contribution in [2.24, 2.45) is 0 Å². The van der Waals surface area contributed by atoms with Crippen LogP contribution >= 0.6 is 0 Å². The molecular weight excluding hydrogens is 254 g/mol. The van der Waals surface area contributed by atoms with Crippen LogP contribution in [-0.2, 0) is 0 Å². The van der Waals surface area contributed by atoms with Gasteiger partial charge in [-0.15, -0.1) is 0 Å². The molecule has 0 amide bonds. The zero-order valence-corrected chi connectivity index (χ0v) is 11.7.